The fourth-order valence-corrected chi connectivity index (χ4v) is 4.17. The molecule has 4 rings (SSSR count). The molecule has 8 nitrogen and oxygen atoms in total. The van der Waals surface area contributed by atoms with E-state index in [9.17, 15) is 4.79 Å². The van der Waals surface area contributed by atoms with Crippen LogP contribution in [-0.4, -0.2) is 68.9 Å². The number of rotatable bonds is 4. The van der Waals surface area contributed by atoms with E-state index in [0.29, 0.717) is 43.5 Å². The standard InChI is InChI=1S/C20H29N5O3/c1-4-17-22-15(2)18(28-17)19(26)25-11-12-27-20(14-25)6-9-24(10-7-20)13-16-5-8-21-23(16)3/h5,8H,4,6-7,9-14H2,1-3H3. The molecule has 0 bridgehead atoms. The van der Waals surface area contributed by atoms with E-state index >= 15 is 0 Å². The monoisotopic (exact) mass is 387 g/mol. The van der Waals surface area contributed by atoms with Crippen molar-refractivity contribution in [2.75, 3.05) is 32.8 Å². The molecule has 2 aliphatic rings. The van der Waals surface area contributed by atoms with Crippen LogP contribution in [0.15, 0.2) is 16.7 Å². The van der Waals surface area contributed by atoms with Crippen LogP contribution in [0.1, 0.15) is 47.6 Å². The zero-order valence-electron chi connectivity index (χ0n) is 17.0. The SMILES string of the molecule is CCc1nc(C)c(C(=O)N2CCOC3(CCN(Cc4ccnn4C)CC3)C2)o1. The quantitative estimate of drug-likeness (QED) is 0.796. The van der Waals surface area contributed by atoms with Crippen LogP contribution in [0.25, 0.3) is 0 Å². The molecule has 1 spiro atoms. The van der Waals surface area contributed by atoms with Crippen LogP contribution in [0.5, 0.6) is 0 Å². The molecule has 0 aromatic carbocycles. The summed E-state index contributed by atoms with van der Waals surface area (Å²) in [5.41, 5.74) is 1.64. The highest BCUT2D eigenvalue weighted by Crippen LogP contribution is 2.31. The van der Waals surface area contributed by atoms with Gasteiger partial charge in [0, 0.05) is 45.8 Å². The molecule has 1 amide bonds. The van der Waals surface area contributed by atoms with E-state index in [1.807, 2.05) is 36.7 Å². The Morgan fingerprint density at radius 3 is 2.71 bits per heavy atom. The predicted octanol–water partition coefficient (Wildman–Crippen LogP) is 1.79. The fourth-order valence-electron chi connectivity index (χ4n) is 4.17. The minimum Gasteiger partial charge on any atom is -0.435 e. The number of oxazole rings is 1. The third-order valence-corrected chi connectivity index (χ3v) is 5.95. The number of aromatic nitrogens is 3. The lowest BCUT2D eigenvalue weighted by molar-refractivity contribution is -0.128. The maximum atomic E-state index is 13.0. The zero-order chi connectivity index (χ0) is 19.7. The molecule has 4 heterocycles. The first-order valence-corrected chi connectivity index (χ1v) is 10.1. The Kier molecular flexibility index (Phi) is 5.25. The average Bonchev–Trinajstić information content (AvgIpc) is 3.28. The Bertz CT molecular complexity index is 835. The molecule has 152 valence electrons. The van der Waals surface area contributed by atoms with Crippen molar-refractivity contribution in [3.8, 4) is 0 Å². The molecule has 2 aliphatic heterocycles. The maximum Gasteiger partial charge on any atom is 0.291 e. The van der Waals surface area contributed by atoms with E-state index in [0.717, 1.165) is 32.5 Å². The van der Waals surface area contributed by atoms with Gasteiger partial charge in [-0.25, -0.2) is 4.98 Å². The summed E-state index contributed by atoms with van der Waals surface area (Å²) in [7, 11) is 1.98. The number of carbonyl (C=O) groups excluding carboxylic acids is 1. The highest BCUT2D eigenvalue weighted by molar-refractivity contribution is 5.92. The molecule has 28 heavy (non-hydrogen) atoms. The summed E-state index contributed by atoms with van der Waals surface area (Å²) in [5.74, 6) is 0.930. The van der Waals surface area contributed by atoms with Gasteiger partial charge >= 0.3 is 0 Å². The van der Waals surface area contributed by atoms with Gasteiger partial charge in [-0.2, -0.15) is 5.10 Å². The number of piperidine rings is 1. The number of amides is 1. The van der Waals surface area contributed by atoms with Crippen LogP contribution < -0.4 is 0 Å². The van der Waals surface area contributed by atoms with E-state index in [-0.39, 0.29) is 11.5 Å². The van der Waals surface area contributed by atoms with Crippen molar-refractivity contribution >= 4 is 5.91 Å². The number of aryl methyl sites for hydroxylation is 3. The Balaban J connectivity index is 1.39. The number of likely N-dealkylation sites (tertiary alicyclic amines) is 1. The van der Waals surface area contributed by atoms with E-state index in [1.165, 1.54) is 5.69 Å². The Labute approximate surface area is 165 Å². The normalized spacial score (nSPS) is 20.0. The van der Waals surface area contributed by atoms with Crippen molar-refractivity contribution in [2.24, 2.45) is 7.05 Å². The van der Waals surface area contributed by atoms with Gasteiger partial charge in [0.15, 0.2) is 5.89 Å². The van der Waals surface area contributed by atoms with Crippen molar-refractivity contribution in [1.82, 2.24) is 24.6 Å². The first-order chi connectivity index (χ1) is 13.5. The molecule has 2 saturated heterocycles. The van der Waals surface area contributed by atoms with Crippen LogP contribution in [0.3, 0.4) is 0 Å². The molecule has 2 aromatic heterocycles. The maximum absolute atomic E-state index is 13.0. The molecule has 0 aliphatic carbocycles. The molecule has 0 atom stereocenters. The molecule has 0 radical (unpaired) electrons. The molecular weight excluding hydrogens is 358 g/mol. The minimum atomic E-state index is -0.252. The summed E-state index contributed by atoms with van der Waals surface area (Å²) in [6, 6.07) is 2.06. The first-order valence-electron chi connectivity index (χ1n) is 10.1. The van der Waals surface area contributed by atoms with Gasteiger partial charge in [-0.1, -0.05) is 6.92 Å². The molecule has 2 fully saturated rings. The molecule has 0 unspecified atom stereocenters. The summed E-state index contributed by atoms with van der Waals surface area (Å²) >= 11 is 0. The van der Waals surface area contributed by atoms with Gasteiger partial charge in [-0.3, -0.25) is 14.4 Å². The van der Waals surface area contributed by atoms with Gasteiger partial charge in [-0.05, 0) is 25.8 Å². The van der Waals surface area contributed by atoms with Crippen molar-refractivity contribution in [1.29, 1.82) is 0 Å². The summed E-state index contributed by atoms with van der Waals surface area (Å²) in [6.07, 6.45) is 4.37. The molecule has 0 N–H and O–H groups in total. The lowest BCUT2D eigenvalue weighted by Crippen LogP contribution is -2.58. The van der Waals surface area contributed by atoms with Crippen LogP contribution in [-0.2, 0) is 24.8 Å². The van der Waals surface area contributed by atoms with Gasteiger partial charge in [0.25, 0.3) is 5.91 Å². The first kappa shape index (κ1) is 19.1. The number of hydrogen-bond acceptors (Lipinski definition) is 6. The smallest absolute Gasteiger partial charge is 0.291 e. The van der Waals surface area contributed by atoms with Gasteiger partial charge in [0.2, 0.25) is 5.76 Å². The van der Waals surface area contributed by atoms with Crippen molar-refractivity contribution in [3.05, 3.63) is 35.3 Å². The summed E-state index contributed by atoms with van der Waals surface area (Å²) in [5, 5.41) is 4.25. The third-order valence-electron chi connectivity index (χ3n) is 5.95. The fraction of sp³-hybridized carbons (Fsp3) is 0.650. The van der Waals surface area contributed by atoms with E-state index in [1.54, 1.807) is 0 Å². The van der Waals surface area contributed by atoms with Gasteiger partial charge < -0.3 is 14.1 Å². The third kappa shape index (κ3) is 3.71. The number of hydrogen-bond donors (Lipinski definition) is 0. The number of ether oxygens (including phenoxy) is 1. The lowest BCUT2D eigenvalue weighted by Gasteiger charge is -2.47. The van der Waals surface area contributed by atoms with Gasteiger partial charge in [0.1, 0.15) is 0 Å². The van der Waals surface area contributed by atoms with Gasteiger partial charge in [0.05, 0.1) is 30.1 Å². The highest BCUT2D eigenvalue weighted by atomic mass is 16.5. The van der Waals surface area contributed by atoms with E-state index < -0.39 is 0 Å². The van der Waals surface area contributed by atoms with E-state index in [2.05, 4.69) is 21.0 Å². The van der Waals surface area contributed by atoms with E-state index in [4.69, 9.17) is 9.15 Å². The predicted molar refractivity (Wildman–Crippen MR) is 103 cm³/mol. The zero-order valence-corrected chi connectivity index (χ0v) is 17.0. The van der Waals surface area contributed by atoms with Crippen LogP contribution in [0.4, 0.5) is 0 Å². The van der Waals surface area contributed by atoms with Crippen LogP contribution >= 0.6 is 0 Å². The highest BCUT2D eigenvalue weighted by Gasteiger charge is 2.42. The number of morpholine rings is 1. The second kappa shape index (κ2) is 7.67. The second-order valence-corrected chi connectivity index (χ2v) is 7.86. The Morgan fingerprint density at radius 1 is 1.29 bits per heavy atom. The van der Waals surface area contributed by atoms with Crippen molar-refractivity contribution in [2.45, 2.75) is 45.3 Å². The van der Waals surface area contributed by atoms with Crippen molar-refractivity contribution in [3.63, 3.8) is 0 Å². The van der Waals surface area contributed by atoms with Gasteiger partial charge in [-0.15, -0.1) is 0 Å². The number of carbonyl (C=O) groups is 1. The minimum absolute atomic E-state index is 0.0651. The van der Waals surface area contributed by atoms with Crippen LogP contribution in [0, 0.1) is 6.92 Å². The Hall–Kier alpha value is -2.19. The summed E-state index contributed by atoms with van der Waals surface area (Å²) in [4.78, 5) is 21.7. The largest absolute Gasteiger partial charge is 0.435 e. The van der Waals surface area contributed by atoms with Crippen molar-refractivity contribution < 1.29 is 13.9 Å². The average molecular weight is 387 g/mol. The Morgan fingerprint density at radius 2 is 2.07 bits per heavy atom. The molecule has 8 heteroatoms. The second-order valence-electron chi connectivity index (χ2n) is 7.86. The molecule has 2 aromatic rings. The van der Waals surface area contributed by atoms with Crippen LogP contribution in [0.2, 0.25) is 0 Å². The number of nitrogens with zero attached hydrogens (tertiary/aromatic N) is 5. The molecule has 0 saturated carbocycles. The summed E-state index contributed by atoms with van der Waals surface area (Å²) in [6.45, 7) is 8.40. The lowest BCUT2D eigenvalue weighted by atomic mass is 9.89. The molecular formula is C20H29N5O3. The summed E-state index contributed by atoms with van der Waals surface area (Å²) < 4.78 is 13.8. The topological polar surface area (TPSA) is 76.6 Å².